The van der Waals surface area contributed by atoms with Crippen LogP contribution in [0.2, 0.25) is 0 Å². The molecule has 0 radical (unpaired) electrons. The largest absolute Gasteiger partial charge is 0.341 e. The third-order valence-electron chi connectivity index (χ3n) is 5.06. The molecule has 1 aliphatic rings. The Labute approximate surface area is 158 Å². The monoisotopic (exact) mass is 364 g/mol. The molecule has 3 aromatic rings. The first-order valence-electron chi connectivity index (χ1n) is 9.22. The zero-order chi connectivity index (χ0) is 18.8. The fraction of sp³-hybridized carbons (Fsp3) is 0.350. The van der Waals surface area contributed by atoms with Crippen LogP contribution in [-0.2, 0) is 0 Å². The third-order valence-corrected chi connectivity index (χ3v) is 5.06. The lowest BCUT2D eigenvalue weighted by atomic mass is 9.97. The Kier molecular flexibility index (Phi) is 4.77. The highest BCUT2D eigenvalue weighted by molar-refractivity contribution is 5.89. The number of urea groups is 1. The molecule has 2 atom stereocenters. The second kappa shape index (κ2) is 7.36. The number of carbonyl (C=O) groups is 1. The normalized spacial score (nSPS) is 20.5. The van der Waals surface area contributed by atoms with Crippen LogP contribution in [0.25, 0.3) is 11.0 Å². The molecule has 0 bridgehead atoms. The van der Waals surface area contributed by atoms with Gasteiger partial charge in [-0.15, -0.1) is 0 Å². The number of rotatable bonds is 3. The predicted molar refractivity (Wildman–Crippen MR) is 106 cm³/mol. The molecule has 2 aromatic heterocycles. The van der Waals surface area contributed by atoms with Crippen molar-refractivity contribution in [2.24, 2.45) is 0 Å². The molecule has 0 spiro atoms. The van der Waals surface area contributed by atoms with Gasteiger partial charge in [-0.1, -0.05) is 12.1 Å². The van der Waals surface area contributed by atoms with Gasteiger partial charge >= 0.3 is 6.03 Å². The second-order valence-electron chi connectivity index (χ2n) is 7.21. The first-order chi connectivity index (χ1) is 13.1. The Morgan fingerprint density at radius 3 is 2.96 bits per heavy atom. The number of anilines is 1. The van der Waals surface area contributed by atoms with E-state index in [4.69, 9.17) is 4.98 Å². The number of para-hydroxylation sites is 2. The number of hydrogen-bond acceptors (Lipinski definition) is 4. The third kappa shape index (κ3) is 3.93. The molecule has 1 aromatic carbocycles. The van der Waals surface area contributed by atoms with Crippen LogP contribution in [0.5, 0.6) is 0 Å². The molecule has 0 unspecified atom stereocenters. The molecule has 7 nitrogen and oxygen atoms in total. The van der Waals surface area contributed by atoms with Crippen molar-refractivity contribution in [2.75, 3.05) is 18.9 Å². The molecule has 1 aliphatic heterocycles. The Bertz CT molecular complexity index is 919. The maximum absolute atomic E-state index is 12.4. The van der Waals surface area contributed by atoms with E-state index < -0.39 is 0 Å². The molecule has 27 heavy (non-hydrogen) atoms. The summed E-state index contributed by atoms with van der Waals surface area (Å²) in [5.74, 6) is 0.952. The van der Waals surface area contributed by atoms with E-state index in [1.165, 1.54) is 0 Å². The summed E-state index contributed by atoms with van der Waals surface area (Å²) >= 11 is 0. The smallest absolute Gasteiger partial charge is 0.319 e. The van der Waals surface area contributed by atoms with Gasteiger partial charge in [-0.3, -0.25) is 9.88 Å². The van der Waals surface area contributed by atoms with Gasteiger partial charge in [0.2, 0.25) is 0 Å². The number of aryl methyl sites for hydroxylation is 1. The highest BCUT2D eigenvalue weighted by atomic mass is 16.2. The lowest BCUT2D eigenvalue weighted by Gasteiger charge is -2.36. The first-order valence-corrected chi connectivity index (χ1v) is 9.22. The molecule has 1 saturated heterocycles. The van der Waals surface area contributed by atoms with E-state index in [2.05, 4.69) is 32.5 Å². The van der Waals surface area contributed by atoms with Crippen LogP contribution in [0, 0.1) is 6.92 Å². The number of nitrogens with one attached hydrogen (secondary N) is 3. The van der Waals surface area contributed by atoms with Gasteiger partial charge in [0.15, 0.2) is 0 Å². The number of benzene rings is 1. The Morgan fingerprint density at radius 1 is 1.30 bits per heavy atom. The standard InChI is InChI=1S/C20H24N6O/c1-13-9-15(12-21-11-13)23-20(27)22-14-7-8-26(2)18(10-14)19-24-16-5-3-4-6-17(16)25-19/h3-6,9,11-12,14,18H,7-8,10H2,1-2H3,(H,24,25)(H2,22,23,27)/t14-,18-/m1/s1. The summed E-state index contributed by atoms with van der Waals surface area (Å²) in [7, 11) is 2.10. The molecule has 1 fully saturated rings. The number of hydrogen-bond donors (Lipinski definition) is 3. The van der Waals surface area contributed by atoms with Gasteiger partial charge < -0.3 is 15.6 Å². The molecule has 140 valence electrons. The van der Waals surface area contributed by atoms with Gasteiger partial charge in [0, 0.05) is 18.8 Å². The van der Waals surface area contributed by atoms with Crippen molar-refractivity contribution in [3.8, 4) is 0 Å². The lowest BCUT2D eigenvalue weighted by molar-refractivity contribution is 0.153. The van der Waals surface area contributed by atoms with Gasteiger partial charge in [-0.2, -0.15) is 0 Å². The number of imidazole rings is 1. The lowest BCUT2D eigenvalue weighted by Crippen LogP contribution is -2.46. The van der Waals surface area contributed by atoms with Crippen LogP contribution in [0.3, 0.4) is 0 Å². The average Bonchev–Trinajstić information content (AvgIpc) is 3.07. The van der Waals surface area contributed by atoms with Crippen molar-refractivity contribution in [3.63, 3.8) is 0 Å². The molecule has 4 rings (SSSR count). The van der Waals surface area contributed by atoms with Crippen LogP contribution in [0.1, 0.15) is 30.3 Å². The van der Waals surface area contributed by atoms with Crippen molar-refractivity contribution in [2.45, 2.75) is 31.8 Å². The molecular formula is C20H24N6O. The van der Waals surface area contributed by atoms with E-state index in [-0.39, 0.29) is 18.1 Å². The average molecular weight is 364 g/mol. The van der Waals surface area contributed by atoms with E-state index in [1.54, 1.807) is 12.4 Å². The number of piperidine rings is 1. The highest BCUT2D eigenvalue weighted by Crippen LogP contribution is 2.29. The quantitative estimate of drug-likeness (QED) is 0.666. The molecule has 7 heteroatoms. The van der Waals surface area contributed by atoms with Gasteiger partial charge in [0.05, 0.1) is 29.0 Å². The minimum atomic E-state index is -0.194. The van der Waals surface area contributed by atoms with E-state index >= 15 is 0 Å². The van der Waals surface area contributed by atoms with Crippen LogP contribution in [0.15, 0.2) is 42.7 Å². The minimum Gasteiger partial charge on any atom is -0.341 e. The summed E-state index contributed by atoms with van der Waals surface area (Å²) in [6.45, 7) is 2.85. The molecule has 3 N–H and O–H groups in total. The zero-order valence-corrected chi connectivity index (χ0v) is 15.6. The summed E-state index contributed by atoms with van der Waals surface area (Å²) in [6.07, 6.45) is 5.14. The molecule has 0 saturated carbocycles. The van der Waals surface area contributed by atoms with E-state index in [9.17, 15) is 4.79 Å². The summed E-state index contributed by atoms with van der Waals surface area (Å²) < 4.78 is 0. The van der Waals surface area contributed by atoms with Crippen molar-refractivity contribution in [1.82, 2.24) is 25.2 Å². The van der Waals surface area contributed by atoms with E-state index in [1.807, 2.05) is 37.3 Å². The van der Waals surface area contributed by atoms with Gasteiger partial charge in [-0.25, -0.2) is 9.78 Å². The maximum Gasteiger partial charge on any atom is 0.319 e. The molecule has 2 amide bonds. The van der Waals surface area contributed by atoms with Crippen molar-refractivity contribution in [1.29, 1.82) is 0 Å². The van der Waals surface area contributed by atoms with E-state index in [0.717, 1.165) is 41.8 Å². The SMILES string of the molecule is Cc1cncc(NC(=O)N[C@@H]2CCN(C)[C@@H](c3nc4ccccc4[nH]3)C2)c1. The topological polar surface area (TPSA) is 85.9 Å². The van der Waals surface area contributed by atoms with Gasteiger partial charge in [0.25, 0.3) is 0 Å². The Balaban J connectivity index is 1.43. The number of nitrogens with zero attached hydrogens (tertiary/aromatic N) is 3. The number of pyridine rings is 1. The molecule has 0 aliphatic carbocycles. The van der Waals surface area contributed by atoms with Gasteiger partial charge in [0.1, 0.15) is 5.82 Å². The Hall–Kier alpha value is -2.93. The second-order valence-corrected chi connectivity index (χ2v) is 7.21. The molecular weight excluding hydrogens is 340 g/mol. The van der Waals surface area contributed by atoms with Crippen LogP contribution < -0.4 is 10.6 Å². The Morgan fingerprint density at radius 2 is 2.15 bits per heavy atom. The number of carbonyl (C=O) groups excluding carboxylic acids is 1. The van der Waals surface area contributed by atoms with Crippen LogP contribution >= 0.6 is 0 Å². The maximum atomic E-state index is 12.4. The van der Waals surface area contributed by atoms with Crippen LogP contribution in [0.4, 0.5) is 10.5 Å². The number of fused-ring (bicyclic) bond motifs is 1. The summed E-state index contributed by atoms with van der Waals surface area (Å²) in [5, 5.41) is 5.96. The van der Waals surface area contributed by atoms with Crippen molar-refractivity contribution in [3.05, 3.63) is 54.1 Å². The van der Waals surface area contributed by atoms with Crippen molar-refractivity contribution >= 4 is 22.8 Å². The van der Waals surface area contributed by atoms with Crippen LogP contribution in [-0.4, -0.2) is 45.5 Å². The number of aromatic amines is 1. The fourth-order valence-electron chi connectivity index (χ4n) is 3.64. The molecule has 3 heterocycles. The number of aromatic nitrogens is 3. The number of amides is 2. The van der Waals surface area contributed by atoms with E-state index in [0.29, 0.717) is 5.69 Å². The summed E-state index contributed by atoms with van der Waals surface area (Å²) in [4.78, 5) is 26.9. The zero-order valence-electron chi connectivity index (χ0n) is 15.6. The number of likely N-dealkylation sites (tertiary alicyclic amines) is 1. The fourth-order valence-corrected chi connectivity index (χ4v) is 3.64. The highest BCUT2D eigenvalue weighted by Gasteiger charge is 2.30. The first kappa shape index (κ1) is 17.5. The predicted octanol–water partition coefficient (Wildman–Crippen LogP) is 3.22. The van der Waals surface area contributed by atoms with Gasteiger partial charge in [-0.05, 0) is 50.6 Å². The van der Waals surface area contributed by atoms with Crippen molar-refractivity contribution < 1.29 is 4.79 Å². The summed E-state index contributed by atoms with van der Waals surface area (Å²) in [6, 6.07) is 9.99. The summed E-state index contributed by atoms with van der Waals surface area (Å²) in [5.41, 5.74) is 3.73. The minimum absolute atomic E-state index is 0.0946. The number of H-pyrrole nitrogens is 1.